The Bertz CT molecular complexity index is 588. The Morgan fingerprint density at radius 2 is 1.79 bits per heavy atom. The lowest BCUT2D eigenvalue weighted by Gasteiger charge is -2.45. The highest BCUT2D eigenvalue weighted by molar-refractivity contribution is 5.67. The van der Waals surface area contributed by atoms with Gasteiger partial charge in [0.05, 0.1) is 6.61 Å². The number of rotatable bonds is 3. The molecule has 1 unspecified atom stereocenters. The van der Waals surface area contributed by atoms with Crippen LogP contribution in [0.4, 0.5) is 0 Å². The Balaban J connectivity index is 1.79. The van der Waals surface area contributed by atoms with Crippen molar-refractivity contribution in [3.63, 3.8) is 0 Å². The van der Waals surface area contributed by atoms with Crippen LogP contribution in [-0.2, 0) is 33.3 Å². The maximum Gasteiger partial charge on any atom is 0.303 e. The van der Waals surface area contributed by atoms with E-state index in [1.54, 1.807) is 0 Å². The van der Waals surface area contributed by atoms with Gasteiger partial charge in [-0.15, -0.1) is 0 Å². The van der Waals surface area contributed by atoms with Crippen molar-refractivity contribution >= 4 is 11.9 Å². The normalized spacial score (nSPS) is 32.5. The predicted molar refractivity (Wildman–Crippen MR) is 80.3 cm³/mol. The zero-order valence-electron chi connectivity index (χ0n) is 13.4. The van der Waals surface area contributed by atoms with Crippen LogP contribution in [0.15, 0.2) is 30.3 Å². The molecule has 0 aromatic heterocycles. The fraction of sp³-hybridized carbons (Fsp3) is 0.471. The summed E-state index contributed by atoms with van der Waals surface area (Å²) >= 11 is 0. The van der Waals surface area contributed by atoms with Gasteiger partial charge in [-0.05, 0) is 0 Å². The minimum Gasteiger partial charge on any atom is -0.456 e. The van der Waals surface area contributed by atoms with E-state index >= 15 is 0 Å². The zero-order valence-corrected chi connectivity index (χ0v) is 13.4. The van der Waals surface area contributed by atoms with Crippen molar-refractivity contribution in [2.45, 2.75) is 44.6 Å². The molecule has 24 heavy (non-hydrogen) atoms. The smallest absolute Gasteiger partial charge is 0.303 e. The molecule has 0 spiro atoms. The molecule has 3 rings (SSSR count). The van der Waals surface area contributed by atoms with Gasteiger partial charge in [-0.25, -0.2) is 0 Å². The number of carbonyl (C=O) groups is 2. The highest BCUT2D eigenvalue weighted by Crippen LogP contribution is 2.35. The minimum absolute atomic E-state index is 0.269. The second-order valence-electron chi connectivity index (χ2n) is 5.64. The lowest BCUT2D eigenvalue weighted by atomic mass is 9.98. The van der Waals surface area contributed by atoms with E-state index < -0.39 is 42.6 Å². The molecule has 2 fully saturated rings. The van der Waals surface area contributed by atoms with E-state index in [1.165, 1.54) is 20.5 Å². The summed E-state index contributed by atoms with van der Waals surface area (Å²) in [6.45, 7) is 4.20. The number of ether oxygens (including phenoxy) is 5. The van der Waals surface area contributed by atoms with Crippen LogP contribution in [0, 0.1) is 6.61 Å². The van der Waals surface area contributed by atoms with E-state index in [4.69, 9.17) is 23.7 Å². The number of esters is 2. The largest absolute Gasteiger partial charge is 0.456 e. The van der Waals surface area contributed by atoms with E-state index in [2.05, 4.69) is 0 Å². The molecular formula is C17H19O7. The molecule has 0 N–H and O–H groups in total. The van der Waals surface area contributed by atoms with Gasteiger partial charge in [-0.2, -0.15) is 0 Å². The number of hydrogen-bond acceptors (Lipinski definition) is 7. The molecule has 2 aliphatic rings. The van der Waals surface area contributed by atoms with Crippen molar-refractivity contribution in [3.8, 4) is 0 Å². The summed E-state index contributed by atoms with van der Waals surface area (Å²) in [6, 6.07) is 9.41. The zero-order chi connectivity index (χ0) is 17.1. The summed E-state index contributed by atoms with van der Waals surface area (Å²) in [5.41, 5.74) is 0.844. The first kappa shape index (κ1) is 16.9. The molecular weight excluding hydrogens is 316 g/mol. The van der Waals surface area contributed by atoms with Gasteiger partial charge in [0.2, 0.25) is 0 Å². The van der Waals surface area contributed by atoms with Crippen LogP contribution >= 0.6 is 0 Å². The van der Waals surface area contributed by atoms with Gasteiger partial charge in [0.15, 0.2) is 18.5 Å². The Labute approximate surface area is 139 Å². The Morgan fingerprint density at radius 1 is 1.08 bits per heavy atom. The van der Waals surface area contributed by atoms with E-state index in [0.717, 1.165) is 5.56 Å². The first-order valence-corrected chi connectivity index (χ1v) is 7.70. The first-order valence-electron chi connectivity index (χ1n) is 7.70. The van der Waals surface area contributed by atoms with E-state index in [1.807, 2.05) is 30.3 Å². The van der Waals surface area contributed by atoms with Crippen molar-refractivity contribution < 1.29 is 33.3 Å². The molecule has 5 atom stereocenters. The maximum atomic E-state index is 11.5. The van der Waals surface area contributed by atoms with Crippen molar-refractivity contribution in [3.05, 3.63) is 42.5 Å². The molecule has 7 heteroatoms. The predicted octanol–water partition coefficient (Wildman–Crippen LogP) is 1.52. The SMILES string of the molecule is CC(=O)O[C@H]1[C@@H]2OC(c3ccccc3)OC[C@H]2O[CH][C@@H]1OC(C)=O. The third kappa shape index (κ3) is 3.75. The maximum absolute atomic E-state index is 11.5. The first-order chi connectivity index (χ1) is 11.5. The second kappa shape index (κ2) is 7.29. The van der Waals surface area contributed by atoms with Crippen molar-refractivity contribution in [1.82, 2.24) is 0 Å². The molecule has 2 aliphatic heterocycles. The topological polar surface area (TPSA) is 80.3 Å². The molecule has 1 aromatic rings. The van der Waals surface area contributed by atoms with Gasteiger partial charge in [0.25, 0.3) is 0 Å². The molecule has 2 saturated heterocycles. The van der Waals surface area contributed by atoms with Gasteiger partial charge >= 0.3 is 11.9 Å². The highest BCUT2D eigenvalue weighted by atomic mass is 16.7. The third-order valence-electron chi connectivity index (χ3n) is 3.77. The number of carbonyl (C=O) groups excluding carboxylic acids is 2. The Kier molecular flexibility index (Phi) is 5.13. The van der Waals surface area contributed by atoms with Gasteiger partial charge in [0, 0.05) is 19.4 Å². The van der Waals surface area contributed by atoms with Crippen LogP contribution < -0.4 is 0 Å². The van der Waals surface area contributed by atoms with Crippen LogP contribution in [0.2, 0.25) is 0 Å². The second-order valence-corrected chi connectivity index (χ2v) is 5.64. The van der Waals surface area contributed by atoms with Crippen LogP contribution in [0.25, 0.3) is 0 Å². The van der Waals surface area contributed by atoms with Crippen molar-refractivity contribution in [2.24, 2.45) is 0 Å². The molecule has 0 saturated carbocycles. The fourth-order valence-electron chi connectivity index (χ4n) is 2.79. The van der Waals surface area contributed by atoms with Gasteiger partial charge in [-0.1, -0.05) is 30.3 Å². The number of fused-ring (bicyclic) bond motifs is 1. The molecule has 1 aromatic carbocycles. The van der Waals surface area contributed by atoms with Crippen LogP contribution in [0.3, 0.4) is 0 Å². The summed E-state index contributed by atoms with van der Waals surface area (Å²) < 4.78 is 27.7. The lowest BCUT2D eigenvalue weighted by Crippen LogP contribution is -2.58. The molecule has 2 heterocycles. The molecule has 0 bridgehead atoms. The van der Waals surface area contributed by atoms with Gasteiger partial charge in [-0.3, -0.25) is 9.59 Å². The Morgan fingerprint density at radius 3 is 2.46 bits per heavy atom. The van der Waals surface area contributed by atoms with Crippen molar-refractivity contribution in [2.75, 3.05) is 6.61 Å². The van der Waals surface area contributed by atoms with Crippen LogP contribution in [0.1, 0.15) is 25.7 Å². The quantitative estimate of drug-likeness (QED) is 0.775. The summed E-state index contributed by atoms with van der Waals surface area (Å²) in [4.78, 5) is 22.8. The average molecular weight is 335 g/mol. The fourth-order valence-corrected chi connectivity index (χ4v) is 2.79. The summed E-state index contributed by atoms with van der Waals surface area (Å²) in [6.07, 6.45) is -3.28. The van der Waals surface area contributed by atoms with Crippen LogP contribution in [-0.4, -0.2) is 43.0 Å². The summed E-state index contributed by atoms with van der Waals surface area (Å²) in [5.74, 6) is -0.986. The number of benzene rings is 1. The van der Waals surface area contributed by atoms with E-state index in [0.29, 0.717) is 0 Å². The standard InChI is InChI=1S/C17H19O7/c1-10(18)22-14-9-20-13-8-21-17(12-6-4-3-5-7-12)24-15(13)16(14)23-11(2)19/h3-7,9,13-17H,8H2,1-2H3/t13-,14+,15-,16-,17?/m1/s1. The molecule has 129 valence electrons. The third-order valence-corrected chi connectivity index (χ3v) is 3.77. The van der Waals surface area contributed by atoms with Gasteiger partial charge < -0.3 is 23.7 Å². The lowest BCUT2D eigenvalue weighted by molar-refractivity contribution is -0.306. The molecule has 7 nitrogen and oxygen atoms in total. The minimum atomic E-state index is -0.831. The van der Waals surface area contributed by atoms with Crippen LogP contribution in [0.5, 0.6) is 0 Å². The average Bonchev–Trinajstić information content (AvgIpc) is 2.56. The van der Waals surface area contributed by atoms with E-state index in [-0.39, 0.29) is 6.61 Å². The monoisotopic (exact) mass is 335 g/mol. The van der Waals surface area contributed by atoms with E-state index in [9.17, 15) is 9.59 Å². The summed E-state index contributed by atoms with van der Waals surface area (Å²) in [5, 5.41) is 0. The van der Waals surface area contributed by atoms with Crippen molar-refractivity contribution in [1.29, 1.82) is 0 Å². The molecule has 0 amide bonds. The molecule has 1 radical (unpaired) electrons. The summed E-state index contributed by atoms with van der Waals surface area (Å²) in [7, 11) is 0. The number of hydrogen-bond donors (Lipinski definition) is 0. The molecule has 0 aliphatic carbocycles. The highest BCUT2D eigenvalue weighted by Gasteiger charge is 2.49. The van der Waals surface area contributed by atoms with Gasteiger partial charge in [0.1, 0.15) is 18.8 Å². The Hall–Kier alpha value is -1.96.